The number of alkyl halides is 3. The van der Waals surface area contributed by atoms with Crippen LogP contribution in [0, 0.1) is 0 Å². The molecular weight excluding hydrogens is 631 g/mol. The first-order valence-electron chi connectivity index (χ1n) is 14.5. The molecule has 0 aliphatic heterocycles. The van der Waals surface area contributed by atoms with E-state index in [0.717, 1.165) is 44.2 Å². The van der Waals surface area contributed by atoms with Crippen molar-refractivity contribution in [3.8, 4) is 5.75 Å². The molecule has 242 valence electrons. The monoisotopic (exact) mass is 665 g/mol. The molecule has 0 heterocycles. The van der Waals surface area contributed by atoms with Crippen molar-refractivity contribution in [1.29, 1.82) is 0 Å². The summed E-state index contributed by atoms with van der Waals surface area (Å²) in [7, 11) is -3.13. The second-order valence-electron chi connectivity index (χ2n) is 10.9. The van der Waals surface area contributed by atoms with Gasteiger partial charge in [-0.2, -0.15) is 13.2 Å². The van der Waals surface area contributed by atoms with Crippen LogP contribution in [0.2, 0.25) is 5.02 Å². The van der Waals surface area contributed by atoms with Crippen LogP contribution >= 0.6 is 11.6 Å². The third kappa shape index (κ3) is 8.49. The summed E-state index contributed by atoms with van der Waals surface area (Å²) in [5, 5.41) is 2.69. The maximum Gasteiger partial charge on any atom is 0.416 e. The van der Waals surface area contributed by atoms with E-state index in [9.17, 15) is 31.2 Å². The van der Waals surface area contributed by atoms with Crippen LogP contribution in [0.3, 0.4) is 0 Å². The van der Waals surface area contributed by atoms with Crippen molar-refractivity contribution in [2.75, 3.05) is 18.0 Å². The van der Waals surface area contributed by atoms with E-state index in [1.54, 1.807) is 30.3 Å². The van der Waals surface area contributed by atoms with Gasteiger partial charge in [0.1, 0.15) is 18.3 Å². The Hall–Kier alpha value is -3.77. The maximum atomic E-state index is 14.1. The summed E-state index contributed by atoms with van der Waals surface area (Å²) in [6.07, 6.45) is -0.188. The van der Waals surface area contributed by atoms with Gasteiger partial charge in [0, 0.05) is 12.6 Å². The average molecular weight is 666 g/mol. The molecule has 3 aromatic rings. The minimum absolute atomic E-state index is 0.0543. The van der Waals surface area contributed by atoms with Crippen molar-refractivity contribution in [1.82, 2.24) is 10.2 Å². The Morgan fingerprint density at radius 3 is 2.33 bits per heavy atom. The number of amides is 2. The lowest BCUT2D eigenvalue weighted by Gasteiger charge is -2.33. The molecule has 2 amide bonds. The number of hydrogen-bond donors (Lipinski definition) is 1. The summed E-state index contributed by atoms with van der Waals surface area (Å²) in [4.78, 5) is 28.5. The first-order valence-corrected chi connectivity index (χ1v) is 16.3. The number of carbonyl (C=O) groups excluding carboxylic acids is 2. The molecule has 0 unspecified atom stereocenters. The molecule has 8 nitrogen and oxygen atoms in total. The van der Waals surface area contributed by atoms with Crippen molar-refractivity contribution in [3.05, 3.63) is 88.9 Å². The number of hydrogen-bond acceptors (Lipinski definition) is 5. The molecule has 4 rings (SSSR count). The Morgan fingerprint density at radius 2 is 1.69 bits per heavy atom. The number of carbonyl (C=O) groups is 2. The van der Waals surface area contributed by atoms with E-state index < -0.39 is 51.9 Å². The Labute approximate surface area is 266 Å². The molecule has 45 heavy (non-hydrogen) atoms. The van der Waals surface area contributed by atoms with E-state index in [1.165, 1.54) is 43.2 Å². The Bertz CT molecular complexity index is 1600. The van der Waals surface area contributed by atoms with E-state index >= 15 is 0 Å². The van der Waals surface area contributed by atoms with Crippen LogP contribution in [0.1, 0.15) is 50.2 Å². The van der Waals surface area contributed by atoms with E-state index in [-0.39, 0.29) is 22.5 Å². The van der Waals surface area contributed by atoms with Gasteiger partial charge in [0.25, 0.3) is 10.0 Å². The molecule has 0 spiro atoms. The first kappa shape index (κ1) is 34.1. The highest BCUT2D eigenvalue weighted by Gasteiger charge is 2.36. The topological polar surface area (TPSA) is 96.0 Å². The van der Waals surface area contributed by atoms with Crippen LogP contribution in [0.25, 0.3) is 0 Å². The van der Waals surface area contributed by atoms with Crippen molar-refractivity contribution < 1.29 is 35.9 Å². The molecule has 1 N–H and O–H groups in total. The smallest absolute Gasteiger partial charge is 0.416 e. The zero-order valence-corrected chi connectivity index (χ0v) is 26.5. The van der Waals surface area contributed by atoms with E-state index in [0.29, 0.717) is 21.7 Å². The van der Waals surface area contributed by atoms with Gasteiger partial charge >= 0.3 is 6.18 Å². The number of sulfonamides is 1. The zero-order valence-electron chi connectivity index (χ0n) is 24.9. The summed E-state index contributed by atoms with van der Waals surface area (Å²) in [5.74, 6) is -0.743. The summed E-state index contributed by atoms with van der Waals surface area (Å²) in [6, 6.07) is 15.0. The Morgan fingerprint density at radius 1 is 1.00 bits per heavy atom. The molecule has 0 saturated heterocycles. The number of nitrogens with one attached hydrogen (secondary N) is 1. The van der Waals surface area contributed by atoms with Crippen molar-refractivity contribution in [2.24, 2.45) is 0 Å². The van der Waals surface area contributed by atoms with Gasteiger partial charge in [-0.1, -0.05) is 61.2 Å². The number of benzene rings is 3. The molecule has 1 aliphatic carbocycles. The Kier molecular flexibility index (Phi) is 11.0. The maximum absolute atomic E-state index is 14.1. The number of rotatable bonds is 11. The SMILES string of the molecule is COc1cccc(CN(C(=O)CN(c2cc(C(F)(F)F)ccc2Cl)S(=O)(=O)c2ccccc2)[C@H](C)C(=O)NC2CCCCC2)c1. The fraction of sp³-hybridized carbons (Fsp3) is 0.375. The summed E-state index contributed by atoms with van der Waals surface area (Å²) in [5.41, 5.74) is -1.07. The van der Waals surface area contributed by atoms with Crippen molar-refractivity contribution >= 4 is 39.1 Å². The number of nitrogens with zero attached hydrogens (tertiary/aromatic N) is 2. The molecule has 1 fully saturated rings. The molecule has 1 saturated carbocycles. The second-order valence-corrected chi connectivity index (χ2v) is 13.2. The summed E-state index contributed by atoms with van der Waals surface area (Å²) < 4.78 is 74.9. The average Bonchev–Trinajstić information content (AvgIpc) is 3.02. The lowest BCUT2D eigenvalue weighted by atomic mass is 9.95. The molecule has 3 aromatic carbocycles. The van der Waals surface area contributed by atoms with E-state index in [1.807, 2.05) is 0 Å². The molecule has 1 aliphatic rings. The Balaban J connectivity index is 1.75. The highest BCUT2D eigenvalue weighted by atomic mass is 35.5. The largest absolute Gasteiger partial charge is 0.497 e. The van der Waals surface area contributed by atoms with Gasteiger partial charge in [-0.15, -0.1) is 0 Å². The third-order valence-electron chi connectivity index (χ3n) is 7.76. The van der Waals surface area contributed by atoms with Gasteiger partial charge in [0.2, 0.25) is 11.8 Å². The zero-order chi connectivity index (χ0) is 32.8. The third-order valence-corrected chi connectivity index (χ3v) is 9.85. The van der Waals surface area contributed by atoms with Crippen LogP contribution in [0.15, 0.2) is 77.7 Å². The van der Waals surface area contributed by atoms with Crippen LogP contribution < -0.4 is 14.4 Å². The molecule has 0 radical (unpaired) electrons. The van der Waals surface area contributed by atoms with Crippen molar-refractivity contribution in [3.63, 3.8) is 0 Å². The van der Waals surface area contributed by atoms with Gasteiger partial charge < -0.3 is 15.0 Å². The second kappa shape index (κ2) is 14.6. The number of methoxy groups -OCH3 is 1. The predicted molar refractivity (Wildman–Crippen MR) is 165 cm³/mol. The first-order chi connectivity index (χ1) is 21.3. The highest BCUT2D eigenvalue weighted by molar-refractivity contribution is 7.92. The number of anilines is 1. The van der Waals surface area contributed by atoms with Crippen LogP contribution in [0.4, 0.5) is 18.9 Å². The molecule has 1 atom stereocenters. The number of halogens is 4. The van der Waals surface area contributed by atoms with Gasteiger partial charge in [0.05, 0.1) is 28.3 Å². The summed E-state index contributed by atoms with van der Waals surface area (Å²) in [6.45, 7) is 0.498. The number of ether oxygens (including phenoxy) is 1. The normalized spacial score (nSPS) is 14.8. The van der Waals surface area contributed by atoms with Gasteiger partial charge in [-0.05, 0) is 67.8 Å². The van der Waals surface area contributed by atoms with Gasteiger partial charge in [0.15, 0.2) is 0 Å². The minimum Gasteiger partial charge on any atom is -0.497 e. The standard InChI is InChI=1S/C32H35ClF3N3O5S/c1-22(31(41)37-25-11-5-3-6-12-25)38(20-23-10-9-13-26(18-23)44-2)30(40)21-39(45(42,43)27-14-7-4-8-15-27)29-19-24(32(34,35)36)16-17-28(29)33/h4,7-10,13-19,22,25H,3,5-6,11-12,20-21H2,1-2H3,(H,37,41)/t22-/m1/s1. The van der Waals surface area contributed by atoms with Gasteiger partial charge in [-0.25, -0.2) is 8.42 Å². The molecule has 0 aromatic heterocycles. The summed E-state index contributed by atoms with van der Waals surface area (Å²) >= 11 is 6.31. The van der Waals surface area contributed by atoms with Crippen LogP contribution in [-0.4, -0.2) is 50.9 Å². The van der Waals surface area contributed by atoms with Crippen LogP contribution in [0.5, 0.6) is 5.75 Å². The van der Waals surface area contributed by atoms with E-state index in [2.05, 4.69) is 5.32 Å². The predicted octanol–water partition coefficient (Wildman–Crippen LogP) is 6.43. The fourth-order valence-electron chi connectivity index (χ4n) is 5.23. The molecular formula is C32H35ClF3N3O5S. The lowest BCUT2D eigenvalue weighted by molar-refractivity contribution is -0.139. The van der Waals surface area contributed by atoms with Gasteiger partial charge in [-0.3, -0.25) is 13.9 Å². The molecule has 13 heteroatoms. The van der Waals surface area contributed by atoms with E-state index in [4.69, 9.17) is 16.3 Å². The van der Waals surface area contributed by atoms with Crippen LogP contribution in [-0.2, 0) is 32.3 Å². The quantitative estimate of drug-likeness (QED) is 0.255. The van der Waals surface area contributed by atoms with Crippen molar-refractivity contribution in [2.45, 2.75) is 68.7 Å². The highest BCUT2D eigenvalue weighted by Crippen LogP contribution is 2.37. The minimum atomic E-state index is -4.81. The molecule has 0 bridgehead atoms. The lowest BCUT2D eigenvalue weighted by Crippen LogP contribution is -2.53. The fourth-order valence-corrected chi connectivity index (χ4v) is 6.95.